The van der Waals surface area contributed by atoms with Crippen molar-refractivity contribution in [3.63, 3.8) is 0 Å². The third-order valence-corrected chi connectivity index (χ3v) is 4.21. The number of hydrogen-bond donors (Lipinski definition) is 1. The first-order chi connectivity index (χ1) is 13.5. The number of nitrogens with one attached hydrogen (secondary N) is 1. The quantitative estimate of drug-likeness (QED) is 0.517. The SMILES string of the molecule is CCC(C(=O)Nc1c(C#N)cnn1-c1ccccc1)n1nc([N+](=O)[O-])cc1C. The normalized spacial score (nSPS) is 11.6. The first-order valence-corrected chi connectivity index (χ1v) is 8.51. The second kappa shape index (κ2) is 7.71. The van der Waals surface area contributed by atoms with Crippen LogP contribution in [0.15, 0.2) is 42.6 Å². The lowest BCUT2D eigenvalue weighted by molar-refractivity contribution is -0.389. The minimum absolute atomic E-state index is 0.204. The van der Waals surface area contributed by atoms with Crippen molar-refractivity contribution in [3.8, 4) is 11.8 Å². The van der Waals surface area contributed by atoms with Gasteiger partial charge in [-0.15, -0.1) is 0 Å². The molecule has 0 aliphatic heterocycles. The van der Waals surface area contributed by atoms with Gasteiger partial charge >= 0.3 is 5.82 Å². The predicted octanol–water partition coefficient (Wildman–Crippen LogP) is 2.75. The van der Waals surface area contributed by atoms with Crippen LogP contribution in [-0.2, 0) is 4.79 Å². The van der Waals surface area contributed by atoms with Crippen LogP contribution in [0.5, 0.6) is 0 Å². The Balaban J connectivity index is 1.95. The average Bonchev–Trinajstić information content (AvgIpc) is 3.27. The van der Waals surface area contributed by atoms with Gasteiger partial charge in [0, 0.05) is 0 Å². The van der Waals surface area contributed by atoms with Gasteiger partial charge in [0.2, 0.25) is 0 Å². The van der Waals surface area contributed by atoms with Crippen molar-refractivity contribution in [1.82, 2.24) is 19.6 Å². The molecule has 10 nitrogen and oxygen atoms in total. The minimum atomic E-state index is -0.778. The molecule has 0 spiro atoms. The molecule has 1 unspecified atom stereocenters. The molecule has 1 atom stereocenters. The summed E-state index contributed by atoms with van der Waals surface area (Å²) in [5.74, 6) is -0.537. The van der Waals surface area contributed by atoms with Gasteiger partial charge in [0.05, 0.1) is 28.7 Å². The maximum atomic E-state index is 12.9. The fraction of sp³-hybridized carbons (Fsp3) is 0.222. The number of nitrogens with zero attached hydrogens (tertiary/aromatic N) is 6. The molecule has 2 aromatic heterocycles. The van der Waals surface area contributed by atoms with Crippen LogP contribution in [0.1, 0.15) is 30.6 Å². The number of aromatic nitrogens is 4. The first kappa shape index (κ1) is 18.8. The summed E-state index contributed by atoms with van der Waals surface area (Å²) in [6, 6.07) is 11.6. The summed E-state index contributed by atoms with van der Waals surface area (Å²) < 4.78 is 2.78. The van der Waals surface area contributed by atoms with Crippen LogP contribution in [0, 0.1) is 28.4 Å². The Hall–Kier alpha value is -4.00. The number of nitriles is 1. The molecule has 1 N–H and O–H groups in total. The van der Waals surface area contributed by atoms with Crippen LogP contribution in [0.3, 0.4) is 0 Å². The summed E-state index contributed by atoms with van der Waals surface area (Å²) >= 11 is 0. The zero-order chi connectivity index (χ0) is 20.3. The number of hydrogen-bond acceptors (Lipinski definition) is 6. The second-order valence-electron chi connectivity index (χ2n) is 6.02. The van der Waals surface area contributed by atoms with Crippen molar-refractivity contribution >= 4 is 17.5 Å². The number of benzene rings is 1. The number of carbonyl (C=O) groups is 1. The van der Waals surface area contributed by atoms with Crippen LogP contribution in [0.4, 0.5) is 11.6 Å². The summed E-state index contributed by atoms with van der Waals surface area (Å²) in [7, 11) is 0. The summed E-state index contributed by atoms with van der Waals surface area (Å²) in [5, 5.41) is 31.2. The molecule has 2 heterocycles. The smallest absolute Gasteiger partial charge is 0.358 e. The molecule has 0 saturated carbocycles. The van der Waals surface area contributed by atoms with E-state index in [0.29, 0.717) is 17.8 Å². The molecule has 0 radical (unpaired) electrons. The van der Waals surface area contributed by atoms with E-state index in [2.05, 4.69) is 15.5 Å². The number of carbonyl (C=O) groups excluding carboxylic acids is 1. The van der Waals surface area contributed by atoms with Crippen molar-refractivity contribution in [3.05, 3.63) is 64.0 Å². The Morgan fingerprint density at radius 3 is 2.68 bits per heavy atom. The number of rotatable bonds is 6. The van der Waals surface area contributed by atoms with Crippen LogP contribution < -0.4 is 5.32 Å². The van der Waals surface area contributed by atoms with Gasteiger partial charge in [0.25, 0.3) is 5.91 Å². The molecule has 3 rings (SSSR count). The van der Waals surface area contributed by atoms with E-state index in [1.54, 1.807) is 26.0 Å². The maximum absolute atomic E-state index is 12.9. The Labute approximate surface area is 160 Å². The monoisotopic (exact) mass is 379 g/mol. The van der Waals surface area contributed by atoms with Gasteiger partial charge in [-0.1, -0.05) is 25.1 Å². The number of nitro groups is 1. The molecular weight excluding hydrogens is 362 g/mol. The molecule has 0 fully saturated rings. The fourth-order valence-corrected chi connectivity index (χ4v) is 2.86. The number of anilines is 1. The zero-order valence-corrected chi connectivity index (χ0v) is 15.2. The maximum Gasteiger partial charge on any atom is 0.390 e. The van der Waals surface area contributed by atoms with E-state index in [-0.39, 0.29) is 17.2 Å². The highest BCUT2D eigenvalue weighted by Gasteiger charge is 2.28. The minimum Gasteiger partial charge on any atom is -0.358 e. The molecule has 0 bridgehead atoms. The third-order valence-electron chi connectivity index (χ3n) is 4.21. The summed E-state index contributed by atoms with van der Waals surface area (Å²) in [6.07, 6.45) is 1.72. The van der Waals surface area contributed by atoms with E-state index in [0.717, 1.165) is 0 Å². The highest BCUT2D eigenvalue weighted by atomic mass is 16.6. The number of aryl methyl sites for hydroxylation is 1. The van der Waals surface area contributed by atoms with E-state index in [1.807, 2.05) is 24.3 Å². The molecule has 1 amide bonds. The third kappa shape index (κ3) is 3.45. The molecule has 10 heteroatoms. The van der Waals surface area contributed by atoms with Crippen molar-refractivity contribution in [1.29, 1.82) is 5.26 Å². The Morgan fingerprint density at radius 2 is 2.11 bits per heavy atom. The van der Waals surface area contributed by atoms with Gasteiger partial charge in [0.15, 0.2) is 11.9 Å². The molecule has 0 aliphatic rings. The van der Waals surface area contributed by atoms with Gasteiger partial charge in [-0.3, -0.25) is 4.79 Å². The predicted molar refractivity (Wildman–Crippen MR) is 99.9 cm³/mol. The lowest BCUT2D eigenvalue weighted by Gasteiger charge is -2.15. The lowest BCUT2D eigenvalue weighted by atomic mass is 10.2. The Morgan fingerprint density at radius 1 is 1.39 bits per heavy atom. The molecule has 0 aliphatic carbocycles. The molecule has 28 heavy (non-hydrogen) atoms. The highest BCUT2D eigenvalue weighted by molar-refractivity contribution is 5.94. The van der Waals surface area contributed by atoms with Gasteiger partial charge in [-0.05, 0) is 30.4 Å². The van der Waals surface area contributed by atoms with Gasteiger partial charge in [0.1, 0.15) is 11.6 Å². The molecular formula is C18H17N7O3. The van der Waals surface area contributed by atoms with Gasteiger partial charge in [-0.25, -0.2) is 4.68 Å². The second-order valence-corrected chi connectivity index (χ2v) is 6.02. The van der Waals surface area contributed by atoms with Gasteiger partial charge < -0.3 is 15.4 Å². The number of para-hydroxylation sites is 1. The summed E-state index contributed by atoms with van der Waals surface area (Å²) in [6.45, 7) is 3.42. The molecule has 3 aromatic rings. The lowest BCUT2D eigenvalue weighted by Crippen LogP contribution is -2.28. The van der Waals surface area contributed by atoms with Gasteiger partial charge in [-0.2, -0.15) is 15.0 Å². The summed E-state index contributed by atoms with van der Waals surface area (Å²) in [4.78, 5) is 23.3. The van der Waals surface area contributed by atoms with Crippen molar-refractivity contribution < 1.29 is 9.72 Å². The van der Waals surface area contributed by atoms with E-state index in [9.17, 15) is 20.2 Å². The standard InChI is InChI=1S/C18H17N7O3/c1-3-15(23-12(2)9-16(22-23)25(27)28)18(26)21-17-13(10-19)11-20-24(17)14-7-5-4-6-8-14/h4-9,11,15H,3H2,1-2H3,(H,21,26). The topological polar surface area (TPSA) is 132 Å². The Kier molecular flexibility index (Phi) is 5.17. The van der Waals surface area contributed by atoms with Crippen molar-refractivity contribution in [2.24, 2.45) is 0 Å². The first-order valence-electron chi connectivity index (χ1n) is 8.51. The fourth-order valence-electron chi connectivity index (χ4n) is 2.86. The van der Waals surface area contributed by atoms with Crippen LogP contribution in [0.25, 0.3) is 5.69 Å². The van der Waals surface area contributed by atoms with Crippen LogP contribution in [0.2, 0.25) is 0 Å². The molecule has 0 saturated heterocycles. The zero-order valence-electron chi connectivity index (χ0n) is 15.2. The van der Waals surface area contributed by atoms with E-state index < -0.39 is 16.9 Å². The largest absolute Gasteiger partial charge is 0.390 e. The van der Waals surface area contributed by atoms with E-state index >= 15 is 0 Å². The summed E-state index contributed by atoms with van der Waals surface area (Å²) in [5.41, 5.74) is 1.37. The Bertz CT molecular complexity index is 1060. The van der Waals surface area contributed by atoms with E-state index in [4.69, 9.17) is 0 Å². The van der Waals surface area contributed by atoms with Crippen LogP contribution >= 0.6 is 0 Å². The van der Waals surface area contributed by atoms with Crippen molar-refractivity contribution in [2.75, 3.05) is 5.32 Å². The van der Waals surface area contributed by atoms with Crippen molar-refractivity contribution in [2.45, 2.75) is 26.3 Å². The van der Waals surface area contributed by atoms with E-state index in [1.165, 1.54) is 21.6 Å². The molecule has 142 valence electrons. The van der Waals surface area contributed by atoms with Crippen LogP contribution in [-0.4, -0.2) is 30.4 Å². The molecule has 1 aromatic carbocycles. The average molecular weight is 379 g/mol. The number of amides is 1. The highest BCUT2D eigenvalue weighted by Crippen LogP contribution is 2.23.